The number of nitrogens with zero attached hydrogens (tertiary/aromatic N) is 4. The molecule has 2 N–H and O–H groups in total. The van der Waals surface area contributed by atoms with Crippen LogP contribution < -0.4 is 15.0 Å². The summed E-state index contributed by atoms with van der Waals surface area (Å²) in [5.41, 5.74) is -0.718. The highest BCUT2D eigenvalue weighted by Gasteiger charge is 2.39. The fourth-order valence-corrected chi connectivity index (χ4v) is 5.03. The molecular weight excluding hydrogens is 532 g/mol. The monoisotopic (exact) mass is 555 g/mol. The number of aromatic nitrogens is 2. The van der Waals surface area contributed by atoms with Crippen LogP contribution in [0.3, 0.4) is 0 Å². The Morgan fingerprint density at radius 1 is 1.10 bits per heavy atom. The maximum Gasteiger partial charge on any atom is 0.487 e. The zero-order valence-electron chi connectivity index (χ0n) is 20.6. The van der Waals surface area contributed by atoms with Crippen LogP contribution in [0.5, 0.6) is 5.75 Å². The Morgan fingerprint density at radius 2 is 1.87 bits per heavy atom. The number of anilines is 2. The zero-order valence-corrected chi connectivity index (χ0v) is 21.4. The lowest BCUT2D eigenvalue weighted by Crippen LogP contribution is -2.25. The Bertz CT molecular complexity index is 1450. The van der Waals surface area contributed by atoms with Gasteiger partial charge in [0.2, 0.25) is 0 Å². The van der Waals surface area contributed by atoms with Gasteiger partial charge in [-0.3, -0.25) is 14.6 Å². The summed E-state index contributed by atoms with van der Waals surface area (Å²) >= 11 is 4.79. The number of carbonyl (C=O) groups is 2. The number of pyridine rings is 2. The lowest BCUT2D eigenvalue weighted by molar-refractivity contribution is -0.0964. The summed E-state index contributed by atoms with van der Waals surface area (Å²) < 4.78 is 30.0. The van der Waals surface area contributed by atoms with Crippen molar-refractivity contribution >= 4 is 34.9 Å². The standard InChI is InChI=1S/C27H24ClF2N5O4/c28-27(29,30)39-20-5-1-17(2-6-20)33-25(37)16-10-21(24(32-12-16)34-8-7-19(36)13-34)15-9-22-23(31-11-15)14-35(26(22)38)18-3-4-18/h1-2,5-6,9-12,18-19,36H,3-4,7-8,13-14H2,(H,33,37)/t19-/m0/s1. The van der Waals surface area contributed by atoms with E-state index >= 15 is 0 Å². The molecule has 6 rings (SSSR count). The predicted octanol–water partition coefficient (Wildman–Crippen LogP) is 4.25. The number of nitrogens with one attached hydrogen (secondary N) is 1. The van der Waals surface area contributed by atoms with E-state index in [1.165, 1.54) is 30.5 Å². The van der Waals surface area contributed by atoms with Crippen LogP contribution in [0.2, 0.25) is 0 Å². The van der Waals surface area contributed by atoms with Gasteiger partial charge in [-0.1, -0.05) is 0 Å². The summed E-state index contributed by atoms with van der Waals surface area (Å²) in [6, 6.07) is 9.09. The average Bonchev–Trinajstić information content (AvgIpc) is 3.57. The molecule has 0 unspecified atom stereocenters. The Kier molecular flexibility index (Phi) is 6.35. The number of ether oxygens (including phenoxy) is 1. The smallest absolute Gasteiger partial charge is 0.420 e. The number of fused-ring (bicyclic) bond motifs is 1. The molecule has 1 atom stereocenters. The van der Waals surface area contributed by atoms with E-state index in [1.807, 2.05) is 9.80 Å². The summed E-state index contributed by atoms with van der Waals surface area (Å²) in [6.07, 6.45) is 5.23. The van der Waals surface area contributed by atoms with E-state index in [-0.39, 0.29) is 23.3 Å². The van der Waals surface area contributed by atoms with Gasteiger partial charge in [-0.25, -0.2) is 4.98 Å². The van der Waals surface area contributed by atoms with Crippen LogP contribution in [-0.4, -0.2) is 62.6 Å². The number of rotatable bonds is 7. The molecular formula is C27H24ClF2N5O4. The summed E-state index contributed by atoms with van der Waals surface area (Å²) in [5.74, 6) is -0.0923. The minimum absolute atomic E-state index is 0.0405. The maximum atomic E-state index is 13.1. The van der Waals surface area contributed by atoms with E-state index in [4.69, 9.17) is 11.6 Å². The fraction of sp³-hybridized carbons (Fsp3) is 0.333. The van der Waals surface area contributed by atoms with Crippen molar-refractivity contribution < 1.29 is 28.2 Å². The first-order valence-electron chi connectivity index (χ1n) is 12.5. The molecule has 2 aliphatic heterocycles. The minimum atomic E-state index is -3.84. The van der Waals surface area contributed by atoms with Crippen LogP contribution in [0.25, 0.3) is 11.1 Å². The molecule has 2 amide bonds. The highest BCUT2D eigenvalue weighted by atomic mass is 35.5. The molecule has 1 saturated carbocycles. The number of amides is 2. The zero-order chi connectivity index (χ0) is 27.3. The first-order valence-corrected chi connectivity index (χ1v) is 12.9. The molecule has 2 aromatic heterocycles. The van der Waals surface area contributed by atoms with Crippen molar-refractivity contribution in [3.63, 3.8) is 0 Å². The lowest BCUT2D eigenvalue weighted by Gasteiger charge is -2.21. The molecule has 3 aromatic rings. The van der Waals surface area contributed by atoms with Gasteiger partial charge in [-0.2, -0.15) is 0 Å². The lowest BCUT2D eigenvalue weighted by atomic mass is 10.0. The van der Waals surface area contributed by atoms with Crippen molar-refractivity contribution in [3.8, 4) is 16.9 Å². The van der Waals surface area contributed by atoms with Gasteiger partial charge in [0.25, 0.3) is 11.8 Å². The molecule has 12 heteroatoms. The highest BCUT2D eigenvalue weighted by molar-refractivity contribution is 6.20. The van der Waals surface area contributed by atoms with Crippen LogP contribution in [0, 0.1) is 0 Å². The highest BCUT2D eigenvalue weighted by Crippen LogP contribution is 2.37. The van der Waals surface area contributed by atoms with Gasteiger partial charge in [0, 0.05) is 59.9 Å². The van der Waals surface area contributed by atoms with Crippen LogP contribution in [0.4, 0.5) is 20.3 Å². The van der Waals surface area contributed by atoms with Crippen LogP contribution in [0.15, 0.2) is 48.8 Å². The number of alkyl halides is 3. The van der Waals surface area contributed by atoms with Crippen molar-refractivity contribution in [2.75, 3.05) is 23.3 Å². The summed E-state index contributed by atoms with van der Waals surface area (Å²) in [5, 5.41) is 12.8. The first kappa shape index (κ1) is 25.4. The van der Waals surface area contributed by atoms with Gasteiger partial charge in [-0.15, -0.1) is 8.78 Å². The number of hydrogen-bond donors (Lipinski definition) is 2. The second-order valence-electron chi connectivity index (χ2n) is 9.89. The molecule has 1 aliphatic carbocycles. The SMILES string of the molecule is O=C(Nc1ccc(OC(F)(F)Cl)cc1)c1cnc(N2CC[C@H](O)C2)c(-c2cnc3c(c2)C(=O)N(C2CC2)C3)c1. The van der Waals surface area contributed by atoms with Crippen LogP contribution in [-0.2, 0) is 6.54 Å². The summed E-state index contributed by atoms with van der Waals surface area (Å²) in [7, 11) is 0. The third-order valence-electron chi connectivity index (χ3n) is 7.02. The molecule has 2 fully saturated rings. The third kappa shape index (κ3) is 5.37. The second kappa shape index (κ2) is 9.73. The first-order chi connectivity index (χ1) is 18.6. The summed E-state index contributed by atoms with van der Waals surface area (Å²) in [4.78, 5) is 39.1. The van der Waals surface area contributed by atoms with E-state index in [0.717, 1.165) is 18.5 Å². The molecule has 9 nitrogen and oxygen atoms in total. The van der Waals surface area contributed by atoms with E-state index in [9.17, 15) is 23.5 Å². The van der Waals surface area contributed by atoms with E-state index in [0.29, 0.717) is 54.3 Å². The maximum absolute atomic E-state index is 13.1. The fourth-order valence-electron chi connectivity index (χ4n) is 4.94. The molecule has 3 aliphatic rings. The van der Waals surface area contributed by atoms with Gasteiger partial charge in [0.15, 0.2) is 0 Å². The number of halogens is 3. The average molecular weight is 556 g/mol. The molecule has 1 aromatic carbocycles. The number of aliphatic hydroxyl groups is 1. The topological polar surface area (TPSA) is 108 Å². The normalized spacial score (nSPS) is 18.9. The van der Waals surface area contributed by atoms with Crippen molar-refractivity contribution in [3.05, 3.63) is 65.6 Å². The van der Waals surface area contributed by atoms with E-state index in [2.05, 4.69) is 20.0 Å². The van der Waals surface area contributed by atoms with Crippen molar-refractivity contribution in [1.29, 1.82) is 0 Å². The molecule has 4 heterocycles. The number of carbonyl (C=O) groups excluding carboxylic acids is 2. The number of hydrogen-bond acceptors (Lipinski definition) is 7. The van der Waals surface area contributed by atoms with E-state index in [1.54, 1.807) is 18.3 Å². The summed E-state index contributed by atoms with van der Waals surface area (Å²) in [6.45, 7) is 1.49. The number of β-amino-alcohol motifs (C(OH)–C–C–N with tert-alkyl or cyclic N) is 1. The van der Waals surface area contributed by atoms with Gasteiger partial charge >= 0.3 is 5.57 Å². The minimum Gasteiger partial charge on any atom is -0.420 e. The second-order valence-corrected chi connectivity index (χ2v) is 10.3. The molecule has 0 radical (unpaired) electrons. The molecule has 39 heavy (non-hydrogen) atoms. The van der Waals surface area contributed by atoms with Gasteiger partial charge < -0.3 is 25.0 Å². The molecule has 0 spiro atoms. The van der Waals surface area contributed by atoms with Crippen LogP contribution in [0.1, 0.15) is 45.7 Å². The molecule has 202 valence electrons. The Morgan fingerprint density at radius 3 is 2.54 bits per heavy atom. The van der Waals surface area contributed by atoms with Crippen molar-refractivity contribution in [1.82, 2.24) is 14.9 Å². The van der Waals surface area contributed by atoms with E-state index < -0.39 is 17.6 Å². The van der Waals surface area contributed by atoms with Crippen molar-refractivity contribution in [2.24, 2.45) is 0 Å². The van der Waals surface area contributed by atoms with Gasteiger partial charge in [0.05, 0.1) is 29.5 Å². The number of benzene rings is 1. The van der Waals surface area contributed by atoms with Gasteiger partial charge in [0.1, 0.15) is 11.6 Å². The van der Waals surface area contributed by atoms with Crippen molar-refractivity contribution in [2.45, 2.75) is 43.5 Å². The van der Waals surface area contributed by atoms with Crippen LogP contribution >= 0.6 is 11.6 Å². The molecule has 0 bridgehead atoms. The third-order valence-corrected chi connectivity index (χ3v) is 7.09. The predicted molar refractivity (Wildman–Crippen MR) is 139 cm³/mol. The van der Waals surface area contributed by atoms with Gasteiger partial charge in [-0.05, 0) is 55.7 Å². The Balaban J connectivity index is 1.29. The Labute approximate surface area is 227 Å². The quantitative estimate of drug-likeness (QED) is 0.420. The Hall–Kier alpha value is -3.83. The molecule has 1 saturated heterocycles. The number of aliphatic hydroxyl groups excluding tert-OH is 1. The largest absolute Gasteiger partial charge is 0.487 e.